The van der Waals surface area contributed by atoms with Crippen LogP contribution in [0.25, 0.3) is 0 Å². The van der Waals surface area contributed by atoms with Crippen molar-refractivity contribution in [2.24, 2.45) is 17.1 Å². The van der Waals surface area contributed by atoms with Crippen LogP contribution in [-0.2, 0) is 0 Å². The van der Waals surface area contributed by atoms with Crippen molar-refractivity contribution in [2.45, 2.75) is 32.7 Å². The average molecular weight is 259 g/mol. The van der Waals surface area contributed by atoms with Crippen molar-refractivity contribution in [1.82, 2.24) is 0 Å². The summed E-state index contributed by atoms with van der Waals surface area (Å²) in [5.74, 6) is 0.104. The second kappa shape index (κ2) is 4.16. The summed E-state index contributed by atoms with van der Waals surface area (Å²) in [4.78, 5) is 0. The molecule has 2 atom stereocenters. The molecule has 1 aromatic rings. The van der Waals surface area contributed by atoms with Crippen molar-refractivity contribution in [2.75, 3.05) is 0 Å². The first kappa shape index (κ1) is 13.2. The second-order valence-electron chi connectivity index (χ2n) is 5.45. The van der Waals surface area contributed by atoms with Gasteiger partial charge >= 0.3 is 6.36 Å². The van der Waals surface area contributed by atoms with Crippen LogP contribution in [0, 0.1) is 11.3 Å². The molecule has 2 N–H and O–H groups in total. The fourth-order valence-electron chi connectivity index (χ4n) is 2.27. The first-order valence-corrected chi connectivity index (χ1v) is 5.80. The topological polar surface area (TPSA) is 35.2 Å². The zero-order valence-electron chi connectivity index (χ0n) is 10.3. The third kappa shape index (κ3) is 2.96. The van der Waals surface area contributed by atoms with E-state index in [0.29, 0.717) is 11.5 Å². The molecule has 0 heterocycles. The van der Waals surface area contributed by atoms with Gasteiger partial charge in [0.15, 0.2) is 0 Å². The summed E-state index contributed by atoms with van der Waals surface area (Å²) in [6.45, 7) is 4.21. The van der Waals surface area contributed by atoms with Gasteiger partial charge < -0.3 is 10.5 Å². The normalized spacial score (nSPS) is 23.6. The summed E-state index contributed by atoms with van der Waals surface area (Å²) in [5, 5.41) is 0. The zero-order valence-corrected chi connectivity index (χ0v) is 10.3. The van der Waals surface area contributed by atoms with E-state index in [-0.39, 0.29) is 17.2 Å². The number of hydrogen-bond acceptors (Lipinski definition) is 2. The van der Waals surface area contributed by atoms with Gasteiger partial charge in [0.05, 0.1) is 0 Å². The van der Waals surface area contributed by atoms with E-state index in [1.54, 1.807) is 6.07 Å². The SMILES string of the molecule is CC1(C)CC1C(N)c1cccc(OC(F)(F)F)c1. The minimum absolute atomic E-state index is 0.181. The second-order valence-corrected chi connectivity index (χ2v) is 5.45. The van der Waals surface area contributed by atoms with Gasteiger partial charge in [0, 0.05) is 6.04 Å². The highest BCUT2D eigenvalue weighted by Gasteiger charge is 2.49. The highest BCUT2D eigenvalue weighted by Crippen LogP contribution is 2.57. The molecular formula is C13H16F3NO. The summed E-state index contributed by atoms with van der Waals surface area (Å²) in [6, 6.07) is 5.68. The van der Waals surface area contributed by atoms with E-state index < -0.39 is 6.36 Å². The number of halogens is 3. The van der Waals surface area contributed by atoms with Gasteiger partial charge in [0.25, 0.3) is 0 Å². The van der Waals surface area contributed by atoms with Crippen LogP contribution in [0.15, 0.2) is 24.3 Å². The van der Waals surface area contributed by atoms with Gasteiger partial charge in [-0.05, 0) is 35.4 Å². The lowest BCUT2D eigenvalue weighted by Gasteiger charge is -2.16. The largest absolute Gasteiger partial charge is 0.573 e. The van der Waals surface area contributed by atoms with E-state index >= 15 is 0 Å². The Balaban J connectivity index is 2.13. The van der Waals surface area contributed by atoms with E-state index in [4.69, 9.17) is 5.73 Å². The van der Waals surface area contributed by atoms with Crippen LogP contribution in [0.1, 0.15) is 31.9 Å². The minimum Gasteiger partial charge on any atom is -0.406 e. The Morgan fingerprint density at radius 2 is 2.00 bits per heavy atom. The van der Waals surface area contributed by atoms with Crippen molar-refractivity contribution < 1.29 is 17.9 Å². The molecule has 100 valence electrons. The summed E-state index contributed by atoms with van der Waals surface area (Å²) >= 11 is 0. The molecule has 2 unspecified atom stereocenters. The smallest absolute Gasteiger partial charge is 0.406 e. The Hall–Kier alpha value is -1.23. The van der Waals surface area contributed by atoms with Crippen LogP contribution >= 0.6 is 0 Å². The first-order valence-electron chi connectivity index (χ1n) is 5.80. The van der Waals surface area contributed by atoms with Crippen LogP contribution in [0.4, 0.5) is 13.2 Å². The van der Waals surface area contributed by atoms with Gasteiger partial charge in [-0.15, -0.1) is 13.2 Å². The molecule has 1 fully saturated rings. The van der Waals surface area contributed by atoms with Crippen LogP contribution < -0.4 is 10.5 Å². The molecule has 1 saturated carbocycles. The van der Waals surface area contributed by atoms with Gasteiger partial charge in [-0.3, -0.25) is 0 Å². The number of hydrogen-bond donors (Lipinski definition) is 1. The van der Waals surface area contributed by atoms with Crippen LogP contribution in [0.2, 0.25) is 0 Å². The minimum atomic E-state index is -4.67. The summed E-state index contributed by atoms with van der Waals surface area (Å²) in [7, 11) is 0. The fourth-order valence-corrected chi connectivity index (χ4v) is 2.27. The van der Waals surface area contributed by atoms with E-state index in [0.717, 1.165) is 6.42 Å². The molecule has 0 spiro atoms. The monoisotopic (exact) mass is 259 g/mol. The van der Waals surface area contributed by atoms with Crippen molar-refractivity contribution >= 4 is 0 Å². The Kier molecular flexibility index (Phi) is 3.05. The van der Waals surface area contributed by atoms with Crippen LogP contribution in [0.5, 0.6) is 5.75 Å². The van der Waals surface area contributed by atoms with Gasteiger partial charge in [-0.1, -0.05) is 26.0 Å². The Bertz CT molecular complexity index is 442. The van der Waals surface area contributed by atoms with Crippen LogP contribution in [-0.4, -0.2) is 6.36 Å². The highest BCUT2D eigenvalue weighted by atomic mass is 19.4. The number of rotatable bonds is 3. The molecule has 0 aromatic heterocycles. The van der Waals surface area contributed by atoms with Gasteiger partial charge in [0.1, 0.15) is 5.75 Å². The van der Waals surface area contributed by atoms with E-state index in [2.05, 4.69) is 18.6 Å². The third-order valence-corrected chi connectivity index (χ3v) is 3.50. The summed E-state index contributed by atoms with van der Waals surface area (Å²) < 4.78 is 40.2. The average Bonchev–Trinajstić information content (AvgIpc) is 2.84. The fraction of sp³-hybridized carbons (Fsp3) is 0.538. The van der Waals surface area contributed by atoms with Crippen molar-refractivity contribution in [1.29, 1.82) is 0 Å². The van der Waals surface area contributed by atoms with Crippen molar-refractivity contribution in [3.05, 3.63) is 29.8 Å². The van der Waals surface area contributed by atoms with Crippen molar-refractivity contribution in [3.63, 3.8) is 0 Å². The Morgan fingerprint density at radius 3 is 2.50 bits per heavy atom. The maximum Gasteiger partial charge on any atom is 0.573 e. The first-order chi connectivity index (χ1) is 8.19. The molecule has 1 aliphatic carbocycles. The molecule has 5 heteroatoms. The summed E-state index contributed by atoms with van der Waals surface area (Å²) in [5.41, 5.74) is 6.94. The lowest BCUT2D eigenvalue weighted by molar-refractivity contribution is -0.274. The molecule has 0 aliphatic heterocycles. The molecule has 0 bridgehead atoms. The molecule has 18 heavy (non-hydrogen) atoms. The molecule has 0 radical (unpaired) electrons. The molecular weight excluding hydrogens is 243 g/mol. The molecule has 0 amide bonds. The molecule has 1 aromatic carbocycles. The Morgan fingerprint density at radius 1 is 1.39 bits per heavy atom. The van der Waals surface area contributed by atoms with Gasteiger partial charge in [-0.25, -0.2) is 0 Å². The lowest BCUT2D eigenvalue weighted by Crippen LogP contribution is -2.18. The standard InChI is InChI=1S/C13H16F3NO/c1-12(2)7-10(12)11(17)8-4-3-5-9(6-8)18-13(14,15)16/h3-6,10-11H,7,17H2,1-2H3. The van der Waals surface area contributed by atoms with Crippen LogP contribution in [0.3, 0.4) is 0 Å². The predicted molar refractivity (Wildman–Crippen MR) is 61.9 cm³/mol. The third-order valence-electron chi connectivity index (χ3n) is 3.50. The van der Waals surface area contributed by atoms with E-state index in [9.17, 15) is 13.2 Å². The predicted octanol–water partition coefficient (Wildman–Crippen LogP) is 3.63. The number of alkyl halides is 3. The molecule has 2 rings (SSSR count). The number of ether oxygens (including phenoxy) is 1. The maximum atomic E-state index is 12.1. The van der Waals surface area contributed by atoms with Crippen molar-refractivity contribution in [3.8, 4) is 5.75 Å². The lowest BCUT2D eigenvalue weighted by atomic mass is 9.98. The van der Waals surface area contributed by atoms with E-state index in [1.807, 2.05) is 0 Å². The van der Waals surface area contributed by atoms with Gasteiger partial charge in [-0.2, -0.15) is 0 Å². The highest BCUT2D eigenvalue weighted by molar-refractivity contribution is 5.32. The molecule has 1 aliphatic rings. The van der Waals surface area contributed by atoms with Gasteiger partial charge in [0.2, 0.25) is 0 Å². The Labute approximate surface area is 104 Å². The number of nitrogens with two attached hydrogens (primary N) is 1. The quantitative estimate of drug-likeness (QED) is 0.899. The molecule has 0 saturated heterocycles. The number of benzene rings is 1. The van der Waals surface area contributed by atoms with E-state index in [1.165, 1.54) is 18.2 Å². The molecule has 2 nitrogen and oxygen atoms in total. The summed E-state index contributed by atoms with van der Waals surface area (Å²) in [6.07, 6.45) is -3.67. The maximum absolute atomic E-state index is 12.1. The zero-order chi connectivity index (χ0) is 13.6.